The van der Waals surface area contributed by atoms with Crippen molar-refractivity contribution in [2.45, 2.75) is 29.2 Å². The lowest BCUT2D eigenvalue weighted by Gasteiger charge is -2.07. The van der Waals surface area contributed by atoms with Crippen molar-refractivity contribution in [2.75, 3.05) is 26.7 Å². The van der Waals surface area contributed by atoms with Crippen LogP contribution in [0.4, 0.5) is 0 Å². The number of hydrogen-bond acceptors (Lipinski definition) is 13. The lowest BCUT2D eigenvalue weighted by atomic mass is 10.2. The molecule has 0 N–H and O–H groups in total. The second-order valence-corrected chi connectivity index (χ2v) is 17.8. The molecule has 0 aliphatic rings. The van der Waals surface area contributed by atoms with E-state index < -0.39 is 20.6 Å². The Balaban J connectivity index is 0.000000181. The van der Waals surface area contributed by atoms with Crippen LogP contribution in [0.25, 0.3) is 42.5 Å². The van der Waals surface area contributed by atoms with Gasteiger partial charge >= 0.3 is 0 Å². The maximum atomic E-state index is 13.0. The van der Waals surface area contributed by atoms with Crippen LogP contribution in [0.15, 0.2) is 79.2 Å². The molecular weight excluding hydrogens is 773 g/mol. The van der Waals surface area contributed by atoms with Gasteiger partial charge in [0, 0.05) is 37.4 Å². The standard InChI is InChI=1S/C17H16N4O4S2.C17H16N4O3S2.CH4/c1-20-13-12(14-15(20)19-17(26-14)27(3,23)24)8-18-21(16(13)22)9-10-5-4-6-11(7-10)25-2;1-20-13-12(14-15(20)19-17(25-14)26(3)23)8-18-21(16(13)22)9-10-5-4-6-11(7-10)24-2;/h4-8H,9H2,1-3H3;4-8H,9H2,1-3H3;1H4. The molecule has 0 saturated heterocycles. The summed E-state index contributed by atoms with van der Waals surface area (Å²) in [6.07, 6.45) is 5.98. The monoisotopic (exact) mass is 808 g/mol. The van der Waals surface area contributed by atoms with Crippen LogP contribution in [0, 0.1) is 0 Å². The van der Waals surface area contributed by atoms with E-state index in [2.05, 4.69) is 20.2 Å². The smallest absolute Gasteiger partial charge is 0.291 e. The van der Waals surface area contributed by atoms with Crippen molar-refractivity contribution in [3.05, 3.63) is 92.8 Å². The second kappa shape index (κ2) is 14.9. The molecule has 0 bridgehead atoms. The number of nitrogens with zero attached hydrogens (tertiary/aromatic N) is 8. The largest absolute Gasteiger partial charge is 0.497 e. The average molecular weight is 809 g/mol. The van der Waals surface area contributed by atoms with E-state index in [0.717, 1.165) is 44.6 Å². The highest BCUT2D eigenvalue weighted by Gasteiger charge is 2.22. The summed E-state index contributed by atoms with van der Waals surface area (Å²) in [6, 6.07) is 15.0. The molecule has 0 amide bonds. The lowest BCUT2D eigenvalue weighted by Crippen LogP contribution is -2.24. The van der Waals surface area contributed by atoms with Gasteiger partial charge in [0.2, 0.25) is 14.2 Å². The number of methoxy groups -OCH3 is 2. The zero-order valence-corrected chi connectivity index (χ0v) is 32.5. The number of aryl methyl sites for hydroxylation is 2. The molecule has 6 aromatic heterocycles. The van der Waals surface area contributed by atoms with Crippen LogP contribution in [-0.4, -0.2) is 78.0 Å². The van der Waals surface area contributed by atoms with Gasteiger partial charge in [-0.2, -0.15) is 10.2 Å². The third-order valence-electron chi connectivity index (χ3n) is 8.51. The first-order valence-corrected chi connectivity index (χ1v) is 20.9. The molecule has 8 rings (SSSR count). The summed E-state index contributed by atoms with van der Waals surface area (Å²) < 4.78 is 53.9. The van der Waals surface area contributed by atoms with Gasteiger partial charge in [-0.25, -0.2) is 27.7 Å². The Morgan fingerprint density at radius 2 is 1.22 bits per heavy atom. The number of hydrogen-bond donors (Lipinski definition) is 0. The quantitative estimate of drug-likeness (QED) is 0.210. The number of benzene rings is 2. The minimum absolute atomic E-state index is 0. The number of sulfone groups is 1. The van der Waals surface area contributed by atoms with Crippen molar-refractivity contribution in [1.29, 1.82) is 0 Å². The Morgan fingerprint density at radius 3 is 1.67 bits per heavy atom. The Labute approximate surface area is 319 Å². The molecule has 282 valence electrons. The summed E-state index contributed by atoms with van der Waals surface area (Å²) in [4.78, 5) is 34.5. The van der Waals surface area contributed by atoms with E-state index in [1.54, 1.807) is 56.1 Å². The van der Waals surface area contributed by atoms with E-state index in [-0.39, 0.29) is 22.9 Å². The van der Waals surface area contributed by atoms with Crippen molar-refractivity contribution >= 4 is 85.8 Å². The molecule has 0 saturated carbocycles. The topological polar surface area (TPSA) is 175 Å². The van der Waals surface area contributed by atoms with Gasteiger partial charge in [0.05, 0.1) is 59.9 Å². The lowest BCUT2D eigenvalue weighted by molar-refractivity contribution is 0.414. The number of ether oxygens (including phenoxy) is 2. The maximum Gasteiger partial charge on any atom is 0.291 e. The van der Waals surface area contributed by atoms with Gasteiger partial charge in [-0.15, -0.1) is 22.7 Å². The zero-order valence-electron chi connectivity index (χ0n) is 29.3. The minimum atomic E-state index is -3.41. The molecule has 54 heavy (non-hydrogen) atoms. The number of thiazole rings is 2. The summed E-state index contributed by atoms with van der Waals surface area (Å²) in [5.74, 6) is 1.44. The number of aromatic nitrogens is 8. The Hall–Kier alpha value is -5.24. The fourth-order valence-corrected chi connectivity index (χ4v) is 9.66. The highest BCUT2D eigenvalue weighted by atomic mass is 32.2. The Bertz CT molecular complexity index is 2970. The van der Waals surface area contributed by atoms with E-state index in [9.17, 15) is 22.2 Å². The molecule has 0 aliphatic heterocycles. The summed E-state index contributed by atoms with van der Waals surface area (Å²) >= 11 is 2.40. The third-order valence-corrected chi connectivity index (χ3v) is 13.7. The molecule has 0 radical (unpaired) electrons. The van der Waals surface area contributed by atoms with Crippen LogP contribution < -0.4 is 20.6 Å². The van der Waals surface area contributed by atoms with Crippen molar-refractivity contribution in [1.82, 2.24) is 38.7 Å². The Kier molecular flexibility index (Phi) is 10.6. The first kappa shape index (κ1) is 38.5. The highest BCUT2D eigenvalue weighted by molar-refractivity contribution is 7.92. The van der Waals surface area contributed by atoms with E-state index in [1.807, 2.05) is 48.5 Å². The van der Waals surface area contributed by atoms with Crippen LogP contribution in [0.2, 0.25) is 0 Å². The first-order valence-electron chi connectivity index (χ1n) is 15.8. The highest BCUT2D eigenvalue weighted by Crippen LogP contribution is 2.33. The summed E-state index contributed by atoms with van der Waals surface area (Å²) in [7, 11) is 2.13. The zero-order chi connectivity index (χ0) is 37.8. The van der Waals surface area contributed by atoms with E-state index in [0.29, 0.717) is 55.6 Å². The fraction of sp³-hybridized carbons (Fsp3) is 0.257. The number of rotatable bonds is 8. The van der Waals surface area contributed by atoms with Crippen LogP contribution in [-0.2, 0) is 47.8 Å². The van der Waals surface area contributed by atoms with Crippen LogP contribution >= 0.6 is 22.7 Å². The first-order chi connectivity index (χ1) is 25.3. The van der Waals surface area contributed by atoms with Gasteiger partial charge in [-0.05, 0) is 35.4 Å². The molecule has 0 fully saturated rings. The van der Waals surface area contributed by atoms with Gasteiger partial charge < -0.3 is 18.6 Å². The van der Waals surface area contributed by atoms with Gasteiger partial charge in [-0.1, -0.05) is 31.7 Å². The van der Waals surface area contributed by atoms with Crippen LogP contribution in [0.1, 0.15) is 18.6 Å². The van der Waals surface area contributed by atoms with Gasteiger partial charge in [0.25, 0.3) is 11.1 Å². The molecule has 0 spiro atoms. The third kappa shape index (κ3) is 6.94. The average Bonchev–Trinajstić information content (AvgIpc) is 3.90. The number of fused-ring (bicyclic) bond motifs is 6. The molecule has 1 unspecified atom stereocenters. The maximum absolute atomic E-state index is 13.0. The fourth-order valence-electron chi connectivity index (χ4n) is 5.94. The summed E-state index contributed by atoms with van der Waals surface area (Å²) in [5, 5.41) is 9.94. The van der Waals surface area contributed by atoms with Gasteiger partial charge in [0.1, 0.15) is 22.5 Å². The molecular formula is C35H36N8O7S4. The van der Waals surface area contributed by atoms with E-state index in [4.69, 9.17) is 9.47 Å². The van der Waals surface area contributed by atoms with Gasteiger partial charge in [-0.3, -0.25) is 13.8 Å². The Morgan fingerprint density at radius 1 is 0.759 bits per heavy atom. The predicted octanol–water partition coefficient (Wildman–Crippen LogP) is 4.58. The molecule has 2 aromatic carbocycles. The molecule has 8 aromatic rings. The summed E-state index contributed by atoms with van der Waals surface area (Å²) in [5.41, 5.74) is 3.49. The van der Waals surface area contributed by atoms with Crippen molar-refractivity contribution in [3.8, 4) is 11.5 Å². The molecule has 15 nitrogen and oxygen atoms in total. The van der Waals surface area contributed by atoms with Crippen LogP contribution in [0.5, 0.6) is 11.5 Å². The van der Waals surface area contributed by atoms with E-state index in [1.165, 1.54) is 20.7 Å². The molecule has 1 atom stereocenters. The second-order valence-electron chi connectivity index (χ2n) is 12.1. The van der Waals surface area contributed by atoms with Crippen LogP contribution in [0.3, 0.4) is 0 Å². The molecule has 19 heteroatoms. The summed E-state index contributed by atoms with van der Waals surface area (Å²) in [6.45, 7) is 0.648. The molecule has 6 heterocycles. The molecule has 0 aliphatic carbocycles. The van der Waals surface area contributed by atoms with E-state index >= 15 is 0 Å². The predicted molar refractivity (Wildman–Crippen MR) is 213 cm³/mol. The normalized spacial score (nSPS) is 12.2. The van der Waals surface area contributed by atoms with Crippen molar-refractivity contribution in [2.24, 2.45) is 14.1 Å². The van der Waals surface area contributed by atoms with Gasteiger partial charge in [0.15, 0.2) is 15.6 Å². The van der Waals surface area contributed by atoms with Crippen molar-refractivity contribution < 1.29 is 22.1 Å². The SMILES string of the molecule is C.COc1cccc(Cn2ncc3c4sc(S(C)(=O)=O)nc4n(C)c3c2=O)c1.COc1cccc(Cn2ncc3c4sc(S(C)=O)nc4n(C)c3c2=O)c1. The minimum Gasteiger partial charge on any atom is -0.497 e. The van der Waals surface area contributed by atoms with Crippen molar-refractivity contribution in [3.63, 3.8) is 0 Å².